The van der Waals surface area contributed by atoms with Crippen molar-refractivity contribution >= 4 is 22.6 Å². The lowest BCUT2D eigenvalue weighted by atomic mass is 10.2. The molecule has 8 nitrogen and oxygen atoms in total. The molecule has 0 aromatic carbocycles. The smallest absolute Gasteiger partial charge is 0.410 e. The highest BCUT2D eigenvalue weighted by Gasteiger charge is 2.34. The van der Waals surface area contributed by atoms with Crippen LogP contribution in [-0.2, 0) is 15.5 Å². The van der Waals surface area contributed by atoms with Gasteiger partial charge in [0, 0.05) is 24.8 Å². The van der Waals surface area contributed by atoms with Crippen LogP contribution in [0.1, 0.15) is 33.6 Å². The lowest BCUT2D eigenvalue weighted by molar-refractivity contribution is -0.388. The molecule has 2 atom stereocenters. The molecule has 0 bridgehead atoms. The van der Waals surface area contributed by atoms with E-state index in [1.165, 1.54) is 18.3 Å². The van der Waals surface area contributed by atoms with Gasteiger partial charge in [-0.05, 0) is 39.7 Å². The van der Waals surface area contributed by atoms with Crippen LogP contribution in [0.4, 0.5) is 10.5 Å². The quantitative estimate of drug-likeness (QED) is 0.607. The first-order chi connectivity index (χ1) is 11.2. The minimum Gasteiger partial charge on any atom is -0.444 e. The second kappa shape index (κ2) is 7.25. The predicted octanol–water partition coefficient (Wildman–Crippen LogP) is 2.50. The second-order valence-corrected chi connectivity index (χ2v) is 7.98. The Labute approximate surface area is 142 Å². The SMILES string of the molecule is CC(C)(C)OC(=O)N1CCC[C@H]1C[S@](=O)c1ncccc1[N+](=O)[O-]. The van der Waals surface area contributed by atoms with Crippen LogP contribution < -0.4 is 0 Å². The summed E-state index contributed by atoms with van der Waals surface area (Å²) < 4.78 is 17.9. The zero-order chi connectivity index (χ0) is 17.9. The van der Waals surface area contributed by atoms with Crippen molar-refractivity contribution in [3.05, 3.63) is 28.4 Å². The largest absolute Gasteiger partial charge is 0.444 e. The van der Waals surface area contributed by atoms with Gasteiger partial charge in [0.1, 0.15) is 5.60 Å². The van der Waals surface area contributed by atoms with Crippen LogP contribution in [0.5, 0.6) is 0 Å². The normalized spacial score (nSPS) is 19.1. The van der Waals surface area contributed by atoms with Crippen LogP contribution in [0.15, 0.2) is 23.4 Å². The van der Waals surface area contributed by atoms with Crippen LogP contribution in [0, 0.1) is 10.1 Å². The number of hydrogen-bond donors (Lipinski definition) is 0. The topological polar surface area (TPSA) is 103 Å². The standard InChI is InChI=1S/C15H21N3O5S/c1-15(2,3)23-14(19)17-9-5-6-11(17)10-24(22)13-12(18(20)21)7-4-8-16-13/h4,7-8,11H,5-6,9-10H2,1-3H3/t11-,24-/m0/s1. The number of aromatic nitrogens is 1. The third kappa shape index (κ3) is 4.50. The van der Waals surface area contributed by atoms with Gasteiger partial charge in [-0.3, -0.25) is 14.3 Å². The molecule has 2 heterocycles. The summed E-state index contributed by atoms with van der Waals surface area (Å²) in [5.41, 5.74) is -0.874. The van der Waals surface area contributed by atoms with Gasteiger partial charge in [0.15, 0.2) is 0 Å². The molecule has 0 N–H and O–H groups in total. The van der Waals surface area contributed by atoms with Gasteiger partial charge in [-0.1, -0.05) is 0 Å². The van der Waals surface area contributed by atoms with Crippen molar-refractivity contribution in [1.82, 2.24) is 9.88 Å². The van der Waals surface area contributed by atoms with Crippen molar-refractivity contribution in [2.45, 2.75) is 50.3 Å². The first-order valence-electron chi connectivity index (χ1n) is 7.66. The molecule has 1 fully saturated rings. The van der Waals surface area contributed by atoms with Gasteiger partial charge >= 0.3 is 11.8 Å². The van der Waals surface area contributed by atoms with E-state index in [2.05, 4.69) is 4.98 Å². The van der Waals surface area contributed by atoms with Gasteiger partial charge in [0.25, 0.3) is 0 Å². The lowest BCUT2D eigenvalue weighted by Crippen LogP contribution is -2.42. The molecule has 1 aromatic rings. The van der Waals surface area contributed by atoms with Crippen LogP contribution in [-0.4, -0.2) is 49.0 Å². The average molecular weight is 355 g/mol. The number of carbonyl (C=O) groups excluding carboxylic acids is 1. The van der Waals surface area contributed by atoms with Crippen molar-refractivity contribution in [1.29, 1.82) is 0 Å². The van der Waals surface area contributed by atoms with E-state index in [1.807, 2.05) is 0 Å². The van der Waals surface area contributed by atoms with Crippen LogP contribution in [0.25, 0.3) is 0 Å². The highest BCUT2D eigenvalue weighted by Crippen LogP contribution is 2.25. The third-order valence-electron chi connectivity index (χ3n) is 3.51. The molecule has 1 aliphatic rings. The summed E-state index contributed by atoms with van der Waals surface area (Å²) in [5, 5.41) is 11.0. The predicted molar refractivity (Wildman–Crippen MR) is 88.1 cm³/mol. The average Bonchev–Trinajstić information content (AvgIpc) is 2.93. The summed E-state index contributed by atoms with van der Waals surface area (Å²) in [5.74, 6) is 0.108. The highest BCUT2D eigenvalue weighted by atomic mass is 32.2. The Balaban J connectivity index is 2.11. The molecule has 0 spiro atoms. The molecule has 0 radical (unpaired) electrons. The van der Waals surface area contributed by atoms with Gasteiger partial charge in [-0.15, -0.1) is 0 Å². The Kier molecular flexibility index (Phi) is 5.53. The fourth-order valence-corrected chi connectivity index (χ4v) is 3.93. The molecule has 1 saturated heterocycles. The molecule has 1 aliphatic heterocycles. The number of nitro groups is 1. The minimum atomic E-state index is -1.67. The van der Waals surface area contributed by atoms with Crippen molar-refractivity contribution in [3.8, 4) is 0 Å². The van der Waals surface area contributed by atoms with E-state index in [1.54, 1.807) is 25.7 Å². The highest BCUT2D eigenvalue weighted by molar-refractivity contribution is 7.85. The minimum absolute atomic E-state index is 0.0569. The summed E-state index contributed by atoms with van der Waals surface area (Å²) in [6.07, 6.45) is 2.40. The van der Waals surface area contributed by atoms with E-state index in [-0.39, 0.29) is 22.5 Å². The molecule has 0 aliphatic carbocycles. The summed E-state index contributed by atoms with van der Waals surface area (Å²) >= 11 is 0. The van der Waals surface area contributed by atoms with Gasteiger partial charge in [0.2, 0.25) is 5.03 Å². The number of carbonyl (C=O) groups is 1. The Bertz CT molecular complexity index is 659. The fraction of sp³-hybridized carbons (Fsp3) is 0.600. The Hall–Kier alpha value is -2.03. The van der Waals surface area contributed by atoms with Gasteiger partial charge < -0.3 is 9.64 Å². The van der Waals surface area contributed by atoms with E-state index in [4.69, 9.17) is 4.74 Å². The van der Waals surface area contributed by atoms with E-state index in [0.29, 0.717) is 13.0 Å². The molecule has 2 rings (SSSR count). The molecule has 132 valence electrons. The maximum absolute atomic E-state index is 12.5. The summed E-state index contributed by atoms with van der Waals surface area (Å²) in [6.45, 7) is 5.88. The summed E-state index contributed by atoms with van der Waals surface area (Å²) in [7, 11) is -1.67. The molecular weight excluding hydrogens is 334 g/mol. The van der Waals surface area contributed by atoms with E-state index >= 15 is 0 Å². The van der Waals surface area contributed by atoms with Gasteiger partial charge in [0.05, 0.1) is 21.5 Å². The fourth-order valence-electron chi connectivity index (χ4n) is 2.52. The zero-order valence-electron chi connectivity index (χ0n) is 13.9. The molecule has 0 saturated carbocycles. The number of likely N-dealkylation sites (tertiary alicyclic amines) is 1. The number of ether oxygens (including phenoxy) is 1. The zero-order valence-corrected chi connectivity index (χ0v) is 14.7. The molecule has 24 heavy (non-hydrogen) atoms. The Morgan fingerprint density at radius 3 is 2.88 bits per heavy atom. The van der Waals surface area contributed by atoms with Gasteiger partial charge in [-0.25, -0.2) is 9.78 Å². The number of nitrogens with zero attached hydrogens (tertiary/aromatic N) is 3. The van der Waals surface area contributed by atoms with E-state index in [9.17, 15) is 19.1 Å². The van der Waals surface area contributed by atoms with Crippen LogP contribution in [0.3, 0.4) is 0 Å². The Morgan fingerprint density at radius 2 is 2.25 bits per heavy atom. The molecule has 1 aromatic heterocycles. The first kappa shape index (κ1) is 18.3. The number of amides is 1. The van der Waals surface area contributed by atoms with E-state index in [0.717, 1.165) is 6.42 Å². The van der Waals surface area contributed by atoms with Crippen LogP contribution >= 0.6 is 0 Å². The van der Waals surface area contributed by atoms with Crippen molar-refractivity contribution in [2.24, 2.45) is 0 Å². The van der Waals surface area contributed by atoms with Crippen LogP contribution in [0.2, 0.25) is 0 Å². The third-order valence-corrected chi connectivity index (χ3v) is 4.95. The van der Waals surface area contributed by atoms with E-state index < -0.39 is 27.4 Å². The molecule has 1 amide bonds. The maximum Gasteiger partial charge on any atom is 0.410 e. The number of rotatable bonds is 4. The maximum atomic E-state index is 12.5. The number of hydrogen-bond acceptors (Lipinski definition) is 6. The molecule has 9 heteroatoms. The summed E-state index contributed by atoms with van der Waals surface area (Å²) in [6, 6.07) is 2.43. The Morgan fingerprint density at radius 1 is 1.54 bits per heavy atom. The van der Waals surface area contributed by atoms with Crippen molar-refractivity contribution < 1.29 is 18.7 Å². The van der Waals surface area contributed by atoms with Crippen molar-refractivity contribution in [2.75, 3.05) is 12.3 Å². The lowest BCUT2D eigenvalue weighted by Gasteiger charge is -2.28. The number of pyridine rings is 1. The van der Waals surface area contributed by atoms with Crippen molar-refractivity contribution in [3.63, 3.8) is 0 Å². The first-order valence-corrected chi connectivity index (χ1v) is 8.98. The monoisotopic (exact) mass is 355 g/mol. The summed E-state index contributed by atoms with van der Waals surface area (Å²) in [4.78, 5) is 28.1. The molecule has 0 unspecified atom stereocenters. The second-order valence-electron chi connectivity index (χ2n) is 6.57. The van der Waals surface area contributed by atoms with Gasteiger partial charge in [-0.2, -0.15) is 0 Å². The molecular formula is C15H21N3O5S.